The SMILES string of the molecule is NC[C@@H]1O[C@H](O[C@H]2[C@@H](O)[C@H](O[C@@H]3[C@@H](O)[C@H](N)C[C@H](N)[C@H]3O[C@H]3O[C@H](CN)C(F)(F)[C@H](O)[C@H]3N)O[C@@H]2CO)[C@H](N)[C@@H](O)[C@@H]1O.[N-]=[N+]=NC[C@@H]1O[C@H](O[C@H]2[C@@H](O)[C@H](O[C@@H]3[C@@H](O)[C@H](N=[N+]=[N-])C[C@H](N=[N+]=[N-])[C@H]3O[C@H]3O[C@H](CN=[N+]=[N-])C(F)(F)[C@H](O)[C@H]3N=[N+]=[N-])O[C@@H]2CO)[C@H](N=[N+]=[N-])[C@@H](O)[C@@H]1O. The summed E-state index contributed by atoms with van der Waals surface area (Å²) in [5.74, 6) is -7.96. The van der Waals surface area contributed by atoms with Gasteiger partial charge in [-0.3, -0.25) is 0 Å². The summed E-state index contributed by atoms with van der Waals surface area (Å²) < 4.78 is 127. The minimum atomic E-state index is -4.18. The highest BCUT2D eigenvalue weighted by Crippen LogP contribution is 2.43. The van der Waals surface area contributed by atoms with Gasteiger partial charge in [-0.15, -0.1) is 0 Å². The van der Waals surface area contributed by atoms with Crippen LogP contribution < -0.4 is 34.4 Å². The van der Waals surface area contributed by atoms with Crippen LogP contribution in [0.15, 0.2) is 30.7 Å². The molecular formula is C46H76F4N24O24. The molecule has 6 aliphatic heterocycles. The second-order valence-electron chi connectivity index (χ2n) is 23.5. The van der Waals surface area contributed by atoms with Crippen LogP contribution >= 0.6 is 0 Å². The molecule has 8 aliphatic rings. The number of alkyl halides is 4. The molecule has 48 nitrogen and oxygen atoms in total. The van der Waals surface area contributed by atoms with Gasteiger partial charge >= 0.3 is 5.92 Å². The number of azide groups is 6. The summed E-state index contributed by atoms with van der Waals surface area (Å²) in [4.78, 5) is 15.3. The van der Waals surface area contributed by atoms with Gasteiger partial charge in [0, 0.05) is 54.6 Å². The molecule has 0 aromatic rings. The summed E-state index contributed by atoms with van der Waals surface area (Å²) >= 11 is 0. The second-order valence-corrected chi connectivity index (χ2v) is 23.5. The van der Waals surface area contributed by atoms with Crippen LogP contribution in [0.2, 0.25) is 0 Å². The molecule has 0 radical (unpaired) electrons. The number of ether oxygens (including phenoxy) is 12. The predicted octanol–water partition coefficient (Wildman–Crippen LogP) is -7.13. The first kappa shape index (κ1) is 79.7. The van der Waals surface area contributed by atoms with E-state index in [0.717, 1.165) is 0 Å². The highest BCUT2D eigenvalue weighted by Gasteiger charge is 2.62. The van der Waals surface area contributed by atoms with Gasteiger partial charge in [0.25, 0.3) is 5.92 Å². The fourth-order valence-corrected chi connectivity index (χ4v) is 12.1. The normalized spacial score (nSPS) is 46.6. The van der Waals surface area contributed by atoms with Gasteiger partial charge in [-0.25, -0.2) is 17.6 Å². The third kappa shape index (κ3) is 17.0. The third-order valence-electron chi connectivity index (χ3n) is 17.5. The molecule has 98 heavy (non-hydrogen) atoms. The Kier molecular flexibility index (Phi) is 28.3. The van der Waals surface area contributed by atoms with E-state index in [4.69, 9.17) is 119 Å². The van der Waals surface area contributed by atoms with Gasteiger partial charge in [-0.2, -0.15) is 0 Å². The minimum Gasteiger partial charge on any atom is -0.394 e. The maximum atomic E-state index is 15.0. The van der Waals surface area contributed by atoms with Crippen LogP contribution in [-0.4, -0.2) is 333 Å². The van der Waals surface area contributed by atoms with E-state index in [1.165, 1.54) is 0 Å². The Bertz CT molecular complexity index is 2930. The van der Waals surface area contributed by atoms with Crippen molar-refractivity contribution in [2.75, 3.05) is 39.4 Å². The molecule has 6 heterocycles. The molecule has 24 N–H and O–H groups in total. The fraction of sp³-hybridized carbons (Fsp3) is 1.00. The second kappa shape index (κ2) is 34.8. The molecular weight excluding hydrogens is 1350 g/mol. The zero-order chi connectivity index (χ0) is 72.4. The van der Waals surface area contributed by atoms with E-state index >= 15 is 8.78 Å². The quantitative estimate of drug-likeness (QED) is 0.0185. The van der Waals surface area contributed by atoms with Gasteiger partial charge in [0.05, 0.1) is 81.0 Å². The third-order valence-corrected chi connectivity index (χ3v) is 17.5. The van der Waals surface area contributed by atoms with Crippen molar-refractivity contribution in [3.05, 3.63) is 62.7 Å². The number of aliphatic hydroxyl groups excluding tert-OH is 12. The summed E-state index contributed by atoms with van der Waals surface area (Å²) in [6, 6.07) is -11.9. The Hall–Kier alpha value is -5.62. The van der Waals surface area contributed by atoms with E-state index in [9.17, 15) is 75.6 Å². The molecule has 0 unspecified atom stereocenters. The molecule has 2 saturated carbocycles. The van der Waals surface area contributed by atoms with Gasteiger partial charge < -0.3 is 153 Å². The molecule has 52 heteroatoms. The largest absolute Gasteiger partial charge is 0.394 e. The number of nitrogens with two attached hydrogens (primary N) is 6. The standard InChI is InChI=1S/C23H32F2N18O12.C23H44F2N6O12/c24-23(25)9(3-33-39-27)52-21(11(19(23)49)37-43-31)53-16-6(35-41-29)1-5(34-40-28)12(45)18(16)55-22-15(48)17(8(4-44)51-22)54-20-10(36-42-30)14(47)13(46)7(50-20)2-32-38-26;24-23(25)9(3-27)40-21(11(31)19(23)37)41-16-6(29)1-5(28)12(33)18(16)43-22-15(36)17(8(4-32)39-22)42-20-10(30)14(35)13(34)7(2-26)38-20/h5-22,44-49H,1-4H2;5-22,32-37H,1-4,26-31H2/t2*5-,6+,7+,8-,9-,10-,11-,12+,13-,14-,15-,16-,17-,18-,19-,20-,21-,22+/m11/s1. The highest BCUT2D eigenvalue weighted by atomic mass is 19.3. The predicted molar refractivity (Wildman–Crippen MR) is 304 cm³/mol. The number of hydrogen-bond acceptors (Lipinski definition) is 36. The lowest BCUT2D eigenvalue weighted by Gasteiger charge is -2.47. The number of rotatable bonds is 24. The smallest absolute Gasteiger partial charge is 0.302 e. The molecule has 36 atom stereocenters. The summed E-state index contributed by atoms with van der Waals surface area (Å²) in [6.45, 7) is -4.09. The topological polar surface area (TPSA) is 802 Å². The lowest BCUT2D eigenvalue weighted by atomic mass is 9.84. The minimum absolute atomic E-state index is 0.0147. The van der Waals surface area contributed by atoms with Crippen molar-refractivity contribution < 1.29 is 136 Å². The zero-order valence-electron chi connectivity index (χ0n) is 50.7. The molecule has 0 bridgehead atoms. The zero-order valence-corrected chi connectivity index (χ0v) is 50.7. The van der Waals surface area contributed by atoms with Gasteiger partial charge in [0.2, 0.25) is 0 Å². The Morgan fingerprint density at radius 3 is 1.39 bits per heavy atom. The van der Waals surface area contributed by atoms with E-state index in [1.54, 1.807) is 0 Å². The molecule has 2 aliphatic carbocycles. The number of halogens is 4. The van der Waals surface area contributed by atoms with Gasteiger partial charge in [-0.05, 0) is 46.0 Å². The summed E-state index contributed by atoms with van der Waals surface area (Å²) in [5, 5.41) is 147. The summed E-state index contributed by atoms with van der Waals surface area (Å²) in [5.41, 5.74) is 89.0. The van der Waals surface area contributed by atoms with Gasteiger partial charge in [0.1, 0.15) is 116 Å². The van der Waals surface area contributed by atoms with Crippen LogP contribution in [0, 0.1) is 0 Å². The molecule has 8 fully saturated rings. The van der Waals surface area contributed by atoms with E-state index in [0.29, 0.717) is 0 Å². The molecule has 0 aromatic carbocycles. The average Bonchev–Trinajstić information content (AvgIpc) is 1.29. The molecule has 0 aromatic heterocycles. The number of nitrogens with zero attached hydrogens (tertiary/aromatic N) is 18. The maximum Gasteiger partial charge on any atom is 0.302 e. The van der Waals surface area contributed by atoms with Crippen molar-refractivity contribution >= 4 is 0 Å². The molecule has 552 valence electrons. The summed E-state index contributed by atoms with van der Waals surface area (Å²) in [7, 11) is 0. The average molecular weight is 1430 g/mol. The number of hydrogen-bond donors (Lipinski definition) is 18. The Morgan fingerprint density at radius 1 is 0.388 bits per heavy atom. The monoisotopic (exact) mass is 1420 g/mol. The Balaban J connectivity index is 0.000000284. The first-order valence-corrected chi connectivity index (χ1v) is 29.7. The molecule has 0 amide bonds. The highest BCUT2D eigenvalue weighted by molar-refractivity contribution is 5.08. The molecule has 0 spiro atoms. The summed E-state index contributed by atoms with van der Waals surface area (Å²) in [6.07, 6.45) is -49.2. The number of aliphatic hydroxyl groups is 12. The Morgan fingerprint density at radius 2 is 0.837 bits per heavy atom. The lowest BCUT2D eigenvalue weighted by molar-refractivity contribution is -0.333. The van der Waals surface area contributed by atoms with Crippen LogP contribution in [-0.2, 0) is 56.8 Å². The van der Waals surface area contributed by atoms with E-state index in [1.807, 2.05) is 0 Å². The van der Waals surface area contributed by atoms with Gasteiger partial charge in [-0.1, -0.05) is 30.7 Å². The van der Waals surface area contributed by atoms with Crippen LogP contribution in [0.3, 0.4) is 0 Å². The Labute approximate surface area is 547 Å². The molecule has 6 saturated heterocycles. The van der Waals surface area contributed by atoms with Crippen molar-refractivity contribution in [2.24, 2.45) is 65.1 Å². The van der Waals surface area contributed by atoms with Crippen molar-refractivity contribution in [3.63, 3.8) is 0 Å². The van der Waals surface area contributed by atoms with Crippen molar-refractivity contribution in [1.29, 1.82) is 0 Å². The van der Waals surface area contributed by atoms with Crippen LogP contribution in [0.1, 0.15) is 12.8 Å². The van der Waals surface area contributed by atoms with Crippen molar-refractivity contribution in [2.45, 2.75) is 245 Å². The van der Waals surface area contributed by atoms with Crippen LogP contribution in [0.4, 0.5) is 17.6 Å². The van der Waals surface area contributed by atoms with Crippen molar-refractivity contribution in [3.8, 4) is 0 Å². The first-order valence-electron chi connectivity index (χ1n) is 29.7. The maximum absolute atomic E-state index is 15.0. The lowest BCUT2D eigenvalue weighted by Crippen LogP contribution is -2.69. The van der Waals surface area contributed by atoms with Crippen LogP contribution in [0.25, 0.3) is 62.7 Å². The fourth-order valence-electron chi connectivity index (χ4n) is 12.1. The van der Waals surface area contributed by atoms with Crippen molar-refractivity contribution in [1.82, 2.24) is 0 Å². The van der Waals surface area contributed by atoms with E-state index in [2.05, 4.69) is 60.2 Å². The van der Waals surface area contributed by atoms with Gasteiger partial charge in [0.15, 0.2) is 37.7 Å². The first-order chi connectivity index (χ1) is 46.5. The molecule has 8 rings (SSSR count). The van der Waals surface area contributed by atoms with E-state index < -0.39 is 271 Å². The van der Waals surface area contributed by atoms with Crippen LogP contribution in [0.5, 0.6) is 0 Å². The van der Waals surface area contributed by atoms with E-state index in [-0.39, 0.29) is 13.0 Å².